The summed E-state index contributed by atoms with van der Waals surface area (Å²) in [6.07, 6.45) is 0. The van der Waals surface area contributed by atoms with Crippen LogP contribution < -0.4 is 4.90 Å². The Labute approximate surface area is 350 Å². The Morgan fingerprint density at radius 3 is 1.50 bits per heavy atom. The van der Waals surface area contributed by atoms with Gasteiger partial charge in [-0.15, -0.1) is 0 Å². The minimum Gasteiger partial charge on any atom is -0.310 e. The van der Waals surface area contributed by atoms with Gasteiger partial charge in [-0.25, -0.2) is 9.97 Å². The first kappa shape index (κ1) is 35.5. The Balaban J connectivity index is 1.01. The van der Waals surface area contributed by atoms with Gasteiger partial charge in [-0.1, -0.05) is 178 Å². The molecule has 0 radical (unpaired) electrons. The maximum atomic E-state index is 5.39. The first-order valence-electron chi connectivity index (χ1n) is 20.7. The lowest BCUT2D eigenvalue weighted by atomic mass is 9.82. The monoisotopic (exact) mass is 767 g/mol. The van der Waals surface area contributed by atoms with Crippen LogP contribution in [-0.2, 0) is 5.41 Å². The number of nitrogens with zero attached hydrogens (tertiary/aromatic N) is 3. The molecule has 0 saturated carbocycles. The van der Waals surface area contributed by atoms with Crippen LogP contribution >= 0.6 is 0 Å². The van der Waals surface area contributed by atoms with Crippen LogP contribution in [0.3, 0.4) is 0 Å². The molecule has 1 aliphatic rings. The van der Waals surface area contributed by atoms with Crippen molar-refractivity contribution in [1.29, 1.82) is 0 Å². The SMILES string of the molecule is CC1(C)c2ccccc2-c2ccc(N(c3ccc(-c4ccccc4)cc3)c3ccc(-c4ccc5ccc6nc(-c7ccccc7)c(-c7ccccc7)nc6c5c4)cc3)cc21. The molecule has 0 fully saturated rings. The molecule has 284 valence electrons. The molecule has 1 aliphatic carbocycles. The van der Waals surface area contributed by atoms with Gasteiger partial charge in [0, 0.05) is 39.0 Å². The number of aromatic nitrogens is 2. The van der Waals surface area contributed by atoms with E-state index in [1.807, 2.05) is 12.1 Å². The molecule has 3 heteroatoms. The van der Waals surface area contributed by atoms with Crippen LogP contribution in [0.2, 0.25) is 0 Å². The van der Waals surface area contributed by atoms with Crippen LogP contribution in [0.1, 0.15) is 25.0 Å². The lowest BCUT2D eigenvalue weighted by Gasteiger charge is -2.28. The van der Waals surface area contributed by atoms with Gasteiger partial charge >= 0.3 is 0 Å². The standard InChI is InChI=1S/C57H41N3/c1-57(2)51-21-13-12-20-48(51)49-34-33-47(37-52(49)57)60(45-29-24-39(25-30-45)38-14-6-3-7-15-38)46-31-26-40(27-32-46)44-23-22-41-28-35-53-56(50(41)36-44)59-55(43-18-10-5-11-19-43)54(58-53)42-16-8-4-9-17-42/h3-37H,1-2H3. The van der Waals surface area contributed by atoms with Gasteiger partial charge in [0.2, 0.25) is 0 Å². The average molecular weight is 768 g/mol. The highest BCUT2D eigenvalue weighted by atomic mass is 15.1. The summed E-state index contributed by atoms with van der Waals surface area (Å²) < 4.78 is 0. The molecule has 0 aliphatic heterocycles. The molecular weight excluding hydrogens is 727 g/mol. The van der Waals surface area contributed by atoms with E-state index in [0.29, 0.717) is 0 Å². The van der Waals surface area contributed by atoms with Crippen LogP contribution in [0.4, 0.5) is 17.1 Å². The predicted octanol–water partition coefficient (Wildman–Crippen LogP) is 15.2. The van der Waals surface area contributed by atoms with Crippen molar-refractivity contribution in [1.82, 2.24) is 9.97 Å². The van der Waals surface area contributed by atoms with Gasteiger partial charge in [-0.2, -0.15) is 0 Å². The van der Waals surface area contributed by atoms with E-state index in [9.17, 15) is 0 Å². The summed E-state index contributed by atoms with van der Waals surface area (Å²) in [6, 6.07) is 76.1. The van der Waals surface area contributed by atoms with Crippen LogP contribution in [0.25, 0.3) is 77.7 Å². The van der Waals surface area contributed by atoms with Gasteiger partial charge in [0.1, 0.15) is 0 Å². The fourth-order valence-corrected chi connectivity index (χ4v) is 9.13. The van der Waals surface area contributed by atoms with E-state index in [2.05, 4.69) is 219 Å². The van der Waals surface area contributed by atoms with E-state index in [0.717, 1.165) is 72.5 Å². The lowest BCUT2D eigenvalue weighted by molar-refractivity contribution is 0.660. The second-order valence-corrected chi connectivity index (χ2v) is 16.2. The summed E-state index contributed by atoms with van der Waals surface area (Å²) in [5.74, 6) is 0. The lowest BCUT2D eigenvalue weighted by Crippen LogP contribution is -2.16. The molecule has 9 aromatic carbocycles. The molecule has 0 spiro atoms. The molecule has 0 saturated heterocycles. The molecule has 0 amide bonds. The Morgan fingerprint density at radius 1 is 0.367 bits per heavy atom. The van der Waals surface area contributed by atoms with E-state index in [1.165, 1.54) is 33.4 Å². The average Bonchev–Trinajstić information content (AvgIpc) is 3.55. The highest BCUT2D eigenvalue weighted by Gasteiger charge is 2.35. The molecule has 3 nitrogen and oxygen atoms in total. The Morgan fingerprint density at radius 2 is 0.850 bits per heavy atom. The Hall–Kier alpha value is -7.62. The minimum absolute atomic E-state index is 0.107. The third-order valence-corrected chi connectivity index (χ3v) is 12.3. The summed E-state index contributed by atoms with van der Waals surface area (Å²) >= 11 is 0. The summed E-state index contributed by atoms with van der Waals surface area (Å²) in [4.78, 5) is 13.0. The fourth-order valence-electron chi connectivity index (χ4n) is 9.13. The first-order chi connectivity index (χ1) is 29.5. The zero-order valence-electron chi connectivity index (χ0n) is 33.5. The van der Waals surface area contributed by atoms with Crippen LogP contribution in [-0.4, -0.2) is 9.97 Å². The number of fused-ring (bicyclic) bond motifs is 6. The van der Waals surface area contributed by atoms with E-state index < -0.39 is 0 Å². The molecule has 0 unspecified atom stereocenters. The van der Waals surface area contributed by atoms with Crippen molar-refractivity contribution in [2.75, 3.05) is 4.90 Å². The third-order valence-electron chi connectivity index (χ3n) is 12.3. The van der Waals surface area contributed by atoms with E-state index in [4.69, 9.17) is 9.97 Å². The smallest absolute Gasteiger partial charge is 0.0973 e. The number of hydrogen-bond acceptors (Lipinski definition) is 3. The van der Waals surface area contributed by atoms with Crippen LogP contribution in [0.15, 0.2) is 212 Å². The molecule has 10 aromatic rings. The zero-order valence-corrected chi connectivity index (χ0v) is 33.5. The van der Waals surface area contributed by atoms with Gasteiger partial charge in [-0.05, 0) is 98.4 Å². The van der Waals surface area contributed by atoms with Gasteiger partial charge in [-0.3, -0.25) is 0 Å². The molecule has 1 aromatic heterocycles. The summed E-state index contributed by atoms with van der Waals surface area (Å²) in [7, 11) is 0. The molecule has 0 atom stereocenters. The van der Waals surface area contributed by atoms with Crippen LogP contribution in [0.5, 0.6) is 0 Å². The van der Waals surface area contributed by atoms with Crippen LogP contribution in [0, 0.1) is 0 Å². The van der Waals surface area contributed by atoms with Crippen molar-refractivity contribution >= 4 is 38.9 Å². The van der Waals surface area contributed by atoms with E-state index in [-0.39, 0.29) is 5.41 Å². The van der Waals surface area contributed by atoms with Gasteiger partial charge in [0.25, 0.3) is 0 Å². The summed E-state index contributed by atoms with van der Waals surface area (Å²) in [5.41, 5.74) is 18.9. The maximum absolute atomic E-state index is 5.39. The van der Waals surface area contributed by atoms with Crippen molar-refractivity contribution in [3.63, 3.8) is 0 Å². The molecule has 0 N–H and O–H groups in total. The van der Waals surface area contributed by atoms with Crippen molar-refractivity contribution in [2.45, 2.75) is 19.3 Å². The second kappa shape index (κ2) is 14.3. The molecule has 1 heterocycles. The largest absolute Gasteiger partial charge is 0.310 e. The van der Waals surface area contributed by atoms with Gasteiger partial charge in [0.05, 0.1) is 22.4 Å². The molecule has 0 bridgehead atoms. The molecule has 11 rings (SSSR count). The third kappa shape index (κ3) is 6.06. The molecule has 60 heavy (non-hydrogen) atoms. The zero-order chi connectivity index (χ0) is 40.2. The number of hydrogen-bond donors (Lipinski definition) is 0. The number of rotatable bonds is 7. The second-order valence-electron chi connectivity index (χ2n) is 16.2. The maximum Gasteiger partial charge on any atom is 0.0973 e. The Kier molecular flexibility index (Phi) is 8.49. The summed E-state index contributed by atoms with van der Waals surface area (Å²) in [5, 5.41) is 2.22. The normalized spacial score (nSPS) is 12.6. The predicted molar refractivity (Wildman–Crippen MR) is 251 cm³/mol. The highest BCUT2D eigenvalue weighted by Crippen LogP contribution is 2.50. The van der Waals surface area contributed by atoms with Crippen molar-refractivity contribution < 1.29 is 0 Å². The minimum atomic E-state index is -0.107. The topological polar surface area (TPSA) is 29.0 Å². The van der Waals surface area contributed by atoms with Crippen molar-refractivity contribution in [2.24, 2.45) is 0 Å². The number of anilines is 3. The van der Waals surface area contributed by atoms with Crippen molar-refractivity contribution in [3.05, 3.63) is 223 Å². The van der Waals surface area contributed by atoms with Gasteiger partial charge in [0.15, 0.2) is 0 Å². The molecular formula is C57H41N3. The first-order valence-corrected chi connectivity index (χ1v) is 20.7. The van der Waals surface area contributed by atoms with E-state index in [1.54, 1.807) is 0 Å². The quantitative estimate of drug-likeness (QED) is 0.151. The van der Waals surface area contributed by atoms with Crippen molar-refractivity contribution in [3.8, 4) is 55.9 Å². The fraction of sp³-hybridized carbons (Fsp3) is 0.0526. The van der Waals surface area contributed by atoms with E-state index >= 15 is 0 Å². The van der Waals surface area contributed by atoms with Gasteiger partial charge < -0.3 is 4.90 Å². The number of benzene rings is 9. The summed E-state index contributed by atoms with van der Waals surface area (Å²) in [6.45, 7) is 4.69. The highest BCUT2D eigenvalue weighted by molar-refractivity contribution is 6.07. The Bertz CT molecular complexity index is 3190.